The number of pyridine rings is 1. The molecule has 2 atom stereocenters. The summed E-state index contributed by atoms with van der Waals surface area (Å²) in [5.41, 5.74) is 3.21. The van der Waals surface area contributed by atoms with E-state index in [0.717, 1.165) is 11.3 Å². The van der Waals surface area contributed by atoms with Crippen LogP contribution in [0.2, 0.25) is 0 Å². The van der Waals surface area contributed by atoms with Gasteiger partial charge in [0.15, 0.2) is 21.5 Å². The molecule has 0 unspecified atom stereocenters. The van der Waals surface area contributed by atoms with Gasteiger partial charge in [0.25, 0.3) is 0 Å². The number of methoxy groups -OCH3 is 2. The smallest absolute Gasteiger partial charge is 0.170 e. The van der Waals surface area contributed by atoms with Crippen LogP contribution in [0, 0.1) is 13.8 Å². The van der Waals surface area contributed by atoms with Gasteiger partial charge in [-0.05, 0) is 58.4 Å². The number of aryl methyl sites for hydroxylation is 2. The fourth-order valence-electron chi connectivity index (χ4n) is 4.32. The molecule has 0 aliphatic rings. The van der Waals surface area contributed by atoms with E-state index in [4.69, 9.17) is 14.2 Å². The Morgan fingerprint density at radius 1 is 0.925 bits per heavy atom. The summed E-state index contributed by atoms with van der Waals surface area (Å²) in [6, 6.07) is 7.21. The van der Waals surface area contributed by atoms with Crippen molar-refractivity contribution in [1.82, 2.24) is 29.7 Å². The zero-order valence-corrected chi connectivity index (χ0v) is 24.5. The molecule has 4 rings (SSSR count). The van der Waals surface area contributed by atoms with Gasteiger partial charge in [0, 0.05) is 24.2 Å². The van der Waals surface area contributed by atoms with E-state index < -0.39 is 26.9 Å². The number of nitrogens with zero attached hydrogens (tertiary/aromatic N) is 6. The fraction of sp³-hybridized carbons (Fsp3) is 0.393. The average Bonchev–Trinajstić information content (AvgIpc) is 3.33. The molecule has 11 nitrogen and oxygen atoms in total. The Bertz CT molecular complexity index is 1550. The first kappa shape index (κ1) is 29.1. The first-order chi connectivity index (χ1) is 19.1. The van der Waals surface area contributed by atoms with Gasteiger partial charge in [0.2, 0.25) is 0 Å². The number of ether oxygens (including phenoxy) is 3. The van der Waals surface area contributed by atoms with Crippen LogP contribution in [0.4, 0.5) is 0 Å². The molecule has 4 aromatic rings. The Kier molecular flexibility index (Phi) is 8.79. The monoisotopic (exact) mass is 566 g/mol. The number of aromatic nitrogens is 6. The van der Waals surface area contributed by atoms with Crippen molar-refractivity contribution < 1.29 is 22.6 Å². The van der Waals surface area contributed by atoms with Crippen molar-refractivity contribution in [2.75, 3.05) is 14.2 Å². The molecule has 3 heterocycles. The summed E-state index contributed by atoms with van der Waals surface area (Å²) in [6.45, 7) is 9.04. The van der Waals surface area contributed by atoms with Gasteiger partial charge in [-0.1, -0.05) is 6.07 Å². The summed E-state index contributed by atoms with van der Waals surface area (Å²) >= 11 is 0. The zero-order chi connectivity index (χ0) is 29.0. The topological polar surface area (TPSA) is 131 Å². The highest BCUT2D eigenvalue weighted by Gasteiger charge is 2.36. The molecule has 0 aliphatic carbocycles. The zero-order valence-electron chi connectivity index (χ0n) is 23.7. The van der Waals surface area contributed by atoms with Gasteiger partial charge in [-0.15, -0.1) is 10.2 Å². The lowest BCUT2D eigenvalue weighted by molar-refractivity contribution is 0.00383. The summed E-state index contributed by atoms with van der Waals surface area (Å²) in [4.78, 5) is 13.0. The van der Waals surface area contributed by atoms with E-state index in [-0.39, 0.29) is 11.9 Å². The van der Waals surface area contributed by atoms with Gasteiger partial charge in [-0.3, -0.25) is 19.5 Å². The number of benzene rings is 1. The van der Waals surface area contributed by atoms with Crippen LogP contribution in [0.25, 0.3) is 17.1 Å². The van der Waals surface area contributed by atoms with Gasteiger partial charge in [0.1, 0.15) is 29.0 Å². The maximum absolute atomic E-state index is 14.0. The molecule has 0 saturated carbocycles. The molecule has 0 aliphatic heterocycles. The number of rotatable bonds is 11. The van der Waals surface area contributed by atoms with Crippen molar-refractivity contribution in [3.63, 3.8) is 0 Å². The van der Waals surface area contributed by atoms with E-state index in [9.17, 15) is 8.42 Å². The van der Waals surface area contributed by atoms with Crippen LogP contribution in [-0.4, -0.2) is 63.7 Å². The Hall–Kier alpha value is -3.90. The van der Waals surface area contributed by atoms with Gasteiger partial charge in [0.05, 0.1) is 43.2 Å². The highest BCUT2D eigenvalue weighted by Crippen LogP contribution is 2.37. The molecule has 12 heteroatoms. The SMILES string of the molecule is COc1cccc(OC)c1-n1c(CS(=O)(=O)[C@H](C)[C@H](OC(C)C)c2cnc(C)cn2)nnc1-c1cncc(C)c1. The van der Waals surface area contributed by atoms with Crippen molar-refractivity contribution in [2.24, 2.45) is 0 Å². The fourth-order valence-corrected chi connectivity index (χ4v) is 5.71. The predicted octanol–water partition coefficient (Wildman–Crippen LogP) is 4.22. The number of hydrogen-bond acceptors (Lipinski definition) is 10. The molecule has 0 amide bonds. The van der Waals surface area contributed by atoms with Crippen molar-refractivity contribution >= 4 is 9.84 Å². The van der Waals surface area contributed by atoms with E-state index in [2.05, 4.69) is 25.1 Å². The van der Waals surface area contributed by atoms with Crippen LogP contribution in [0.5, 0.6) is 11.5 Å². The third kappa shape index (κ3) is 6.13. The van der Waals surface area contributed by atoms with Crippen LogP contribution in [-0.2, 0) is 20.3 Å². The molecule has 0 radical (unpaired) electrons. The second-order valence-electron chi connectivity index (χ2n) is 9.74. The molecule has 212 valence electrons. The molecule has 1 aromatic carbocycles. The van der Waals surface area contributed by atoms with Crippen LogP contribution < -0.4 is 9.47 Å². The summed E-state index contributed by atoms with van der Waals surface area (Å²) in [5.74, 6) is 1.08. The first-order valence-electron chi connectivity index (χ1n) is 12.8. The Morgan fingerprint density at radius 2 is 1.62 bits per heavy atom. The van der Waals surface area contributed by atoms with Crippen LogP contribution in [0.15, 0.2) is 49.1 Å². The van der Waals surface area contributed by atoms with Crippen molar-refractivity contribution in [3.8, 4) is 28.6 Å². The standard InChI is InChI=1S/C28H34N6O5S/c1-17(2)39-27(22-15-30-19(4)13-31-22)20(5)40(35,36)16-25-32-33-28(21-11-18(3)12-29-14-21)34(25)26-23(37-6)9-8-10-24(26)38-7/h8-15,17,20,27H,16H2,1-7H3/t20-,27+/m1/s1. The molecular formula is C28H34N6O5S. The molecular weight excluding hydrogens is 532 g/mol. The maximum Gasteiger partial charge on any atom is 0.170 e. The molecule has 0 saturated heterocycles. The van der Waals surface area contributed by atoms with Gasteiger partial charge < -0.3 is 14.2 Å². The second kappa shape index (κ2) is 12.1. The van der Waals surface area contributed by atoms with Gasteiger partial charge in [-0.2, -0.15) is 0 Å². The number of hydrogen-bond donors (Lipinski definition) is 0. The average molecular weight is 567 g/mol. The van der Waals surface area contributed by atoms with Crippen molar-refractivity contribution in [2.45, 2.75) is 57.8 Å². The second-order valence-corrected chi connectivity index (χ2v) is 12.1. The van der Waals surface area contributed by atoms with E-state index in [1.807, 2.05) is 33.8 Å². The minimum Gasteiger partial charge on any atom is -0.494 e. The third-order valence-corrected chi connectivity index (χ3v) is 8.36. The molecule has 0 fully saturated rings. The van der Waals surface area contributed by atoms with E-state index in [1.54, 1.807) is 54.5 Å². The first-order valence-corrected chi connectivity index (χ1v) is 14.5. The van der Waals surface area contributed by atoms with Crippen LogP contribution in [0.1, 0.15) is 49.7 Å². The Balaban J connectivity index is 1.85. The van der Waals surface area contributed by atoms with Crippen LogP contribution >= 0.6 is 0 Å². The largest absolute Gasteiger partial charge is 0.494 e. The molecule has 0 bridgehead atoms. The quantitative estimate of drug-likeness (QED) is 0.260. The molecule has 40 heavy (non-hydrogen) atoms. The summed E-state index contributed by atoms with van der Waals surface area (Å²) < 4.78 is 47.0. The lowest BCUT2D eigenvalue weighted by Gasteiger charge is -2.26. The van der Waals surface area contributed by atoms with E-state index >= 15 is 0 Å². The normalized spacial score (nSPS) is 13.3. The van der Waals surface area contributed by atoms with Gasteiger partial charge in [-0.25, -0.2) is 8.42 Å². The minimum atomic E-state index is -3.88. The summed E-state index contributed by atoms with van der Waals surface area (Å²) in [7, 11) is -0.810. The molecule has 3 aromatic heterocycles. The number of sulfone groups is 1. The lowest BCUT2D eigenvalue weighted by Crippen LogP contribution is -2.31. The Labute approximate surface area is 234 Å². The van der Waals surface area contributed by atoms with E-state index in [1.165, 1.54) is 14.2 Å². The highest BCUT2D eigenvalue weighted by molar-refractivity contribution is 7.91. The summed E-state index contributed by atoms with van der Waals surface area (Å²) in [6.07, 6.45) is 5.45. The van der Waals surface area contributed by atoms with Crippen molar-refractivity contribution in [3.05, 3.63) is 71.8 Å². The van der Waals surface area contributed by atoms with Gasteiger partial charge >= 0.3 is 0 Å². The van der Waals surface area contributed by atoms with Crippen LogP contribution in [0.3, 0.4) is 0 Å². The molecule has 0 N–H and O–H groups in total. The third-order valence-electron chi connectivity index (χ3n) is 6.32. The minimum absolute atomic E-state index is 0.185. The number of para-hydroxylation sites is 1. The lowest BCUT2D eigenvalue weighted by atomic mass is 10.2. The highest BCUT2D eigenvalue weighted by atomic mass is 32.2. The Morgan fingerprint density at radius 3 is 2.20 bits per heavy atom. The molecule has 0 spiro atoms. The van der Waals surface area contributed by atoms with Crippen molar-refractivity contribution in [1.29, 1.82) is 0 Å². The predicted molar refractivity (Wildman–Crippen MR) is 150 cm³/mol. The summed E-state index contributed by atoms with van der Waals surface area (Å²) in [5, 5.41) is 7.78. The maximum atomic E-state index is 14.0. The van der Waals surface area contributed by atoms with E-state index in [0.29, 0.717) is 34.3 Å².